The number of hydrogen-bond acceptors (Lipinski definition) is 15. The maximum Gasteiger partial charge on any atom is 0.154 e. The number of furan rings is 2. The van der Waals surface area contributed by atoms with Gasteiger partial charge in [0.1, 0.15) is 33.5 Å². The van der Waals surface area contributed by atoms with E-state index in [9.17, 15) is 0 Å². The number of para-hydroxylation sites is 2. The Morgan fingerprint density at radius 1 is 0.418 bits per heavy atom. The van der Waals surface area contributed by atoms with Crippen LogP contribution in [0, 0.1) is 0 Å². The fraction of sp³-hybridized carbons (Fsp3) is 0.351. The number of aryl methyl sites for hydroxylation is 2. The molecule has 0 amide bonds. The molecule has 8 heterocycles. The molecule has 0 atom stereocenters. The van der Waals surface area contributed by atoms with Crippen molar-refractivity contribution >= 4 is 100 Å². The second-order valence-electron chi connectivity index (χ2n) is 23.1. The molecule has 13 rings (SSSR count). The Kier molecular flexibility index (Phi) is 20.5. The lowest BCUT2D eigenvalue weighted by atomic mass is 9.97. The third kappa shape index (κ3) is 13.3. The normalized spacial score (nSPS) is 12.1. The molecule has 0 fully saturated rings. The van der Waals surface area contributed by atoms with Crippen molar-refractivity contribution in [1.29, 1.82) is 0 Å². The van der Waals surface area contributed by atoms with Gasteiger partial charge in [0.2, 0.25) is 0 Å². The number of thiophene rings is 2. The van der Waals surface area contributed by atoms with Crippen LogP contribution in [-0.4, -0.2) is 108 Å². The van der Waals surface area contributed by atoms with Crippen LogP contribution in [0.5, 0.6) is 0 Å². The molecule has 13 aromatic rings. The Hall–Kier alpha value is -7.42. The molecule has 0 saturated carbocycles. The molecule has 0 aliphatic heterocycles. The average Bonchev–Trinajstić information content (AvgIpc) is 1.74. The van der Waals surface area contributed by atoms with Crippen LogP contribution in [0.25, 0.3) is 130 Å². The van der Waals surface area contributed by atoms with Gasteiger partial charge in [-0.2, -0.15) is 8.75 Å². The first-order valence-electron chi connectivity index (χ1n) is 32.2. The zero-order valence-corrected chi connectivity index (χ0v) is 54.9. The van der Waals surface area contributed by atoms with Crippen LogP contribution in [0.1, 0.15) is 76.3 Å². The van der Waals surface area contributed by atoms with Crippen molar-refractivity contribution in [1.82, 2.24) is 27.8 Å². The summed E-state index contributed by atoms with van der Waals surface area (Å²) >= 11 is 4.87. The Bertz CT molecular complexity index is 4250. The zero-order valence-electron chi connectivity index (χ0n) is 52.4. The summed E-state index contributed by atoms with van der Waals surface area (Å²) in [7, 11) is 3.37. The molecule has 5 aromatic carbocycles. The van der Waals surface area contributed by atoms with E-state index in [1.165, 1.54) is 100 Å². The van der Waals surface area contributed by atoms with Gasteiger partial charge in [0.05, 0.1) is 90.3 Å². The zero-order chi connectivity index (χ0) is 61.9. The number of methoxy groups -OCH3 is 2. The molecule has 470 valence electrons. The third-order valence-electron chi connectivity index (χ3n) is 17.1. The van der Waals surface area contributed by atoms with E-state index in [1.54, 1.807) is 26.7 Å². The van der Waals surface area contributed by atoms with Crippen LogP contribution in [0.2, 0.25) is 0 Å². The number of unbranched alkanes of at least 4 members (excludes halogenated alkanes) is 6. The van der Waals surface area contributed by atoms with Gasteiger partial charge in [-0.1, -0.05) is 101 Å². The van der Waals surface area contributed by atoms with Gasteiger partial charge in [-0.15, -0.1) is 22.7 Å². The van der Waals surface area contributed by atoms with Gasteiger partial charge in [0, 0.05) is 102 Å². The van der Waals surface area contributed by atoms with Gasteiger partial charge in [0.25, 0.3) is 0 Å². The van der Waals surface area contributed by atoms with Crippen LogP contribution < -0.4 is 0 Å². The lowest BCUT2D eigenvalue weighted by Crippen LogP contribution is -2.11. The number of fused-ring (bicyclic) bond motifs is 8. The van der Waals surface area contributed by atoms with E-state index in [2.05, 4.69) is 120 Å². The van der Waals surface area contributed by atoms with Crippen LogP contribution in [0.4, 0.5) is 0 Å². The van der Waals surface area contributed by atoms with E-state index >= 15 is 0 Å². The van der Waals surface area contributed by atoms with Gasteiger partial charge in [-0.05, 0) is 121 Å². The van der Waals surface area contributed by atoms with Crippen molar-refractivity contribution in [3.05, 3.63) is 145 Å². The highest BCUT2D eigenvalue weighted by Crippen LogP contribution is 2.51. The molecule has 14 nitrogen and oxygen atoms in total. The molecule has 0 spiro atoms. The second-order valence-corrected chi connectivity index (χ2v) is 25.7. The lowest BCUT2D eigenvalue weighted by Gasteiger charge is -2.13. The summed E-state index contributed by atoms with van der Waals surface area (Å²) < 4.78 is 61.6. The molecule has 17 heteroatoms. The van der Waals surface area contributed by atoms with Crippen LogP contribution in [-0.2, 0) is 54.4 Å². The Balaban J connectivity index is 0.948. The third-order valence-corrected chi connectivity index (χ3v) is 20.2. The predicted octanol–water partition coefficient (Wildman–Crippen LogP) is 18.8. The largest absolute Gasteiger partial charge is 0.463 e. The number of ether oxygens (including phenoxy) is 6. The fourth-order valence-corrected chi connectivity index (χ4v) is 15.8. The summed E-state index contributed by atoms with van der Waals surface area (Å²) in [5.74, 6) is 1.19. The molecular weight excluding hydrogens is 1200 g/mol. The maximum absolute atomic E-state index is 6.23. The standard InChI is InChI=1S/C74H78N6O8S3/c1-5-7-9-11-19-49-47-63(89-73(49)51-27-29-59-55(45-51)53-21-13-15-23-57(53)79(59)31-35-83-41-43-85-39-37-81-3)65-69-70(76-68(62-26-18-34-88-62)67(75-69)61-25-17-33-87-61)66(72-71(65)77-91-78-72)64-48-50(20-12-10-8-6-2)74(90-64)52-28-30-60-56(46-52)54-22-14-16-24-58(54)80(60)32-36-84-42-44-86-40-38-82-4/h13-18,21-30,33-34,45-48H,5-12,19-20,31-32,35-44H2,1-4H3. The SMILES string of the molecule is CCCCCCc1cc(-c2c3nsnc3c(-c3cc(CCCCCC)c(-c4ccc5c(c4)c4ccccc4n5CCOCCOCCOC)s3)c3nc(-c4ccco4)c(-c4ccco4)nc23)sc1-c1ccc2c(c1)c1ccccc1n2CCOCCOCCOC. The minimum Gasteiger partial charge on any atom is -0.463 e. The van der Waals surface area contributed by atoms with Crippen molar-refractivity contribution in [3.8, 4) is 64.7 Å². The molecule has 0 N–H and O–H groups in total. The van der Waals surface area contributed by atoms with Gasteiger partial charge >= 0.3 is 0 Å². The molecule has 0 saturated heterocycles. The van der Waals surface area contributed by atoms with E-state index in [0.717, 1.165) is 107 Å². The summed E-state index contributed by atoms with van der Waals surface area (Å²) in [5, 5.41) is 4.87. The smallest absolute Gasteiger partial charge is 0.154 e. The highest BCUT2D eigenvalue weighted by atomic mass is 32.1. The summed E-state index contributed by atoms with van der Waals surface area (Å²) in [6.45, 7) is 11.5. The van der Waals surface area contributed by atoms with Gasteiger partial charge in [-0.3, -0.25) is 0 Å². The van der Waals surface area contributed by atoms with Gasteiger partial charge < -0.3 is 46.4 Å². The van der Waals surface area contributed by atoms with E-state index in [4.69, 9.17) is 56.0 Å². The van der Waals surface area contributed by atoms with Gasteiger partial charge in [0.15, 0.2) is 11.5 Å². The molecule has 0 unspecified atom stereocenters. The van der Waals surface area contributed by atoms with E-state index in [-0.39, 0.29) is 0 Å². The first kappa shape index (κ1) is 62.4. The maximum atomic E-state index is 6.23. The highest BCUT2D eigenvalue weighted by molar-refractivity contribution is 7.20. The minimum absolute atomic E-state index is 0.529. The molecule has 91 heavy (non-hydrogen) atoms. The molecule has 8 aromatic heterocycles. The second kappa shape index (κ2) is 29.9. The Morgan fingerprint density at radius 2 is 0.846 bits per heavy atom. The van der Waals surface area contributed by atoms with Crippen molar-refractivity contribution in [2.24, 2.45) is 0 Å². The molecule has 0 aliphatic rings. The predicted molar refractivity (Wildman–Crippen MR) is 372 cm³/mol. The highest BCUT2D eigenvalue weighted by Gasteiger charge is 2.30. The molecule has 0 radical (unpaired) electrons. The quantitative estimate of drug-likeness (QED) is 0.0354. The minimum atomic E-state index is 0.529. The number of hydrogen-bond donors (Lipinski definition) is 0. The number of rotatable bonds is 34. The van der Waals surface area contributed by atoms with Crippen molar-refractivity contribution in [2.45, 2.75) is 91.1 Å². The Morgan fingerprint density at radius 3 is 1.27 bits per heavy atom. The number of nitrogens with zero attached hydrogens (tertiary/aromatic N) is 6. The van der Waals surface area contributed by atoms with Crippen LogP contribution >= 0.6 is 34.4 Å². The van der Waals surface area contributed by atoms with Crippen LogP contribution in [0.15, 0.2) is 143 Å². The summed E-state index contributed by atoms with van der Waals surface area (Å²) in [6, 6.07) is 44.0. The Labute approximate surface area is 543 Å². The first-order valence-corrected chi connectivity index (χ1v) is 34.6. The van der Waals surface area contributed by atoms with Crippen molar-refractivity contribution in [3.63, 3.8) is 0 Å². The summed E-state index contributed by atoms with van der Waals surface area (Å²) in [4.78, 5) is 16.1. The summed E-state index contributed by atoms with van der Waals surface area (Å²) in [5.41, 5.74) is 15.8. The van der Waals surface area contributed by atoms with Crippen LogP contribution in [0.3, 0.4) is 0 Å². The average molecular weight is 1280 g/mol. The monoisotopic (exact) mass is 1270 g/mol. The lowest BCUT2D eigenvalue weighted by molar-refractivity contribution is 0.0234. The van der Waals surface area contributed by atoms with E-state index in [0.29, 0.717) is 89.0 Å². The molecular formula is C74H78N6O8S3. The topological polar surface area (TPSA) is 143 Å². The molecule has 0 bridgehead atoms. The number of aromatic nitrogens is 6. The van der Waals surface area contributed by atoms with E-state index in [1.807, 2.05) is 46.9 Å². The summed E-state index contributed by atoms with van der Waals surface area (Å²) in [6.07, 6.45) is 14.4. The van der Waals surface area contributed by atoms with Gasteiger partial charge in [-0.25, -0.2) is 9.97 Å². The van der Waals surface area contributed by atoms with Crippen molar-refractivity contribution < 1.29 is 37.3 Å². The number of benzene rings is 5. The fourth-order valence-electron chi connectivity index (χ4n) is 12.7. The van der Waals surface area contributed by atoms with Crippen molar-refractivity contribution in [2.75, 3.05) is 80.3 Å². The molecule has 0 aliphatic carbocycles. The first-order chi connectivity index (χ1) is 45.0. The van der Waals surface area contributed by atoms with E-state index < -0.39 is 0 Å².